The minimum atomic E-state index is 0.0272. The van der Waals surface area contributed by atoms with E-state index in [-0.39, 0.29) is 5.91 Å². The van der Waals surface area contributed by atoms with Crippen molar-refractivity contribution in [2.24, 2.45) is 0 Å². The average molecular weight is 458 g/mol. The number of rotatable bonds is 4. The first-order valence-corrected chi connectivity index (χ1v) is 12.2. The zero-order chi connectivity index (χ0) is 22.8. The molecule has 6 heteroatoms. The molecule has 2 aromatic heterocycles. The Morgan fingerprint density at radius 2 is 1.67 bits per heavy atom. The molecule has 4 aromatic rings. The standard InChI is InChI=1S/C27H27N3O2S/c1-32-20-13-11-18(12-14-20)21-17-22(19-9-5-4-6-10-19)29-26-23(21)24(28)25(33-26)27(31)30-15-7-2-3-8-16-30/h4-6,9-14,17H,2-3,7-8,15-16,28H2,1H3. The van der Waals surface area contributed by atoms with Gasteiger partial charge in [-0.25, -0.2) is 4.98 Å². The second-order valence-corrected chi connectivity index (χ2v) is 9.38. The second kappa shape index (κ2) is 9.24. The monoisotopic (exact) mass is 457 g/mol. The normalized spacial score (nSPS) is 14.3. The second-order valence-electron chi connectivity index (χ2n) is 8.38. The fraction of sp³-hybridized carbons (Fsp3) is 0.259. The zero-order valence-electron chi connectivity index (χ0n) is 18.7. The third-order valence-electron chi connectivity index (χ3n) is 6.26. The van der Waals surface area contributed by atoms with Crippen molar-refractivity contribution >= 4 is 33.1 Å². The molecule has 1 saturated heterocycles. The molecule has 0 spiro atoms. The first kappa shape index (κ1) is 21.5. The van der Waals surface area contributed by atoms with E-state index >= 15 is 0 Å². The SMILES string of the molecule is COc1ccc(-c2cc(-c3ccccc3)nc3sc(C(=O)N4CCCCCC4)c(N)c23)cc1. The van der Waals surface area contributed by atoms with Crippen LogP contribution in [0.3, 0.4) is 0 Å². The molecule has 1 aliphatic rings. The highest BCUT2D eigenvalue weighted by Gasteiger charge is 2.25. The van der Waals surface area contributed by atoms with E-state index in [0.717, 1.165) is 64.3 Å². The van der Waals surface area contributed by atoms with E-state index in [9.17, 15) is 4.79 Å². The van der Waals surface area contributed by atoms with Crippen molar-refractivity contribution in [2.45, 2.75) is 25.7 Å². The number of thiophene rings is 1. The number of hydrogen-bond acceptors (Lipinski definition) is 5. The molecule has 0 atom stereocenters. The molecule has 0 bridgehead atoms. The third-order valence-corrected chi connectivity index (χ3v) is 7.34. The number of fused-ring (bicyclic) bond motifs is 1. The van der Waals surface area contributed by atoms with Crippen LogP contribution in [0.5, 0.6) is 5.75 Å². The van der Waals surface area contributed by atoms with Gasteiger partial charge in [-0.15, -0.1) is 11.3 Å². The Bertz CT molecular complexity index is 1270. The molecule has 0 aliphatic carbocycles. The number of carbonyl (C=O) groups is 1. The Morgan fingerprint density at radius 1 is 0.970 bits per heavy atom. The quantitative estimate of drug-likeness (QED) is 0.394. The lowest BCUT2D eigenvalue weighted by atomic mass is 9.99. The van der Waals surface area contributed by atoms with Gasteiger partial charge in [0.15, 0.2) is 0 Å². The average Bonchev–Trinajstić information content (AvgIpc) is 3.03. The summed E-state index contributed by atoms with van der Waals surface area (Å²) >= 11 is 1.41. The van der Waals surface area contributed by atoms with E-state index in [2.05, 4.69) is 6.07 Å². The van der Waals surface area contributed by atoms with Crippen LogP contribution in [0.25, 0.3) is 32.6 Å². The highest BCUT2D eigenvalue weighted by Crippen LogP contribution is 2.42. The molecule has 1 aliphatic heterocycles. The zero-order valence-corrected chi connectivity index (χ0v) is 19.5. The smallest absolute Gasteiger partial charge is 0.266 e. The van der Waals surface area contributed by atoms with E-state index in [4.69, 9.17) is 15.5 Å². The summed E-state index contributed by atoms with van der Waals surface area (Å²) in [7, 11) is 1.66. The number of anilines is 1. The topological polar surface area (TPSA) is 68.5 Å². The van der Waals surface area contributed by atoms with Crippen molar-refractivity contribution in [3.63, 3.8) is 0 Å². The maximum absolute atomic E-state index is 13.4. The summed E-state index contributed by atoms with van der Waals surface area (Å²) in [4.78, 5) is 21.7. The predicted molar refractivity (Wildman–Crippen MR) is 136 cm³/mol. The van der Waals surface area contributed by atoms with Gasteiger partial charge in [-0.05, 0) is 42.2 Å². The van der Waals surface area contributed by atoms with Crippen LogP contribution in [0, 0.1) is 0 Å². The van der Waals surface area contributed by atoms with Gasteiger partial charge in [-0.2, -0.15) is 0 Å². The van der Waals surface area contributed by atoms with E-state index in [1.165, 1.54) is 24.2 Å². The van der Waals surface area contributed by atoms with Gasteiger partial charge in [0.25, 0.3) is 5.91 Å². The van der Waals surface area contributed by atoms with E-state index in [1.54, 1.807) is 7.11 Å². The van der Waals surface area contributed by atoms with Gasteiger partial charge >= 0.3 is 0 Å². The van der Waals surface area contributed by atoms with Crippen molar-refractivity contribution in [3.8, 4) is 28.1 Å². The van der Waals surface area contributed by atoms with Crippen LogP contribution in [-0.2, 0) is 0 Å². The number of likely N-dealkylation sites (tertiary alicyclic amines) is 1. The molecule has 2 aromatic carbocycles. The number of hydrogen-bond donors (Lipinski definition) is 1. The molecular weight excluding hydrogens is 430 g/mol. The van der Waals surface area contributed by atoms with Crippen molar-refractivity contribution in [1.29, 1.82) is 0 Å². The molecule has 3 heterocycles. The number of aromatic nitrogens is 1. The minimum absolute atomic E-state index is 0.0272. The van der Waals surface area contributed by atoms with Gasteiger partial charge in [0.2, 0.25) is 0 Å². The lowest BCUT2D eigenvalue weighted by Gasteiger charge is -2.19. The number of carbonyl (C=O) groups excluding carboxylic acids is 1. The minimum Gasteiger partial charge on any atom is -0.497 e. The molecule has 5 nitrogen and oxygen atoms in total. The van der Waals surface area contributed by atoms with Crippen molar-refractivity contribution < 1.29 is 9.53 Å². The summed E-state index contributed by atoms with van der Waals surface area (Å²) in [5, 5.41) is 0.850. The molecule has 33 heavy (non-hydrogen) atoms. The first-order valence-electron chi connectivity index (χ1n) is 11.4. The fourth-order valence-corrected chi connectivity index (χ4v) is 5.54. The molecule has 0 unspecified atom stereocenters. The summed E-state index contributed by atoms with van der Waals surface area (Å²) in [6.45, 7) is 1.58. The Hall–Kier alpha value is -3.38. The number of amides is 1. The Balaban J connectivity index is 1.68. The number of nitrogen functional groups attached to an aromatic ring is 1. The molecule has 0 saturated carbocycles. The van der Waals surface area contributed by atoms with Crippen LogP contribution in [0.4, 0.5) is 5.69 Å². The number of benzene rings is 2. The van der Waals surface area contributed by atoms with Crippen molar-refractivity contribution in [3.05, 3.63) is 65.5 Å². The highest BCUT2D eigenvalue weighted by atomic mass is 32.1. The van der Waals surface area contributed by atoms with E-state index in [0.29, 0.717) is 10.6 Å². The summed E-state index contributed by atoms with van der Waals surface area (Å²) < 4.78 is 5.34. The van der Waals surface area contributed by atoms with Crippen LogP contribution in [0.15, 0.2) is 60.7 Å². The van der Waals surface area contributed by atoms with Crippen LogP contribution in [0.2, 0.25) is 0 Å². The maximum atomic E-state index is 13.4. The Labute approximate surface area is 197 Å². The van der Waals surface area contributed by atoms with Gasteiger partial charge in [0.05, 0.1) is 18.5 Å². The van der Waals surface area contributed by atoms with Crippen LogP contribution >= 0.6 is 11.3 Å². The third kappa shape index (κ3) is 4.18. The van der Waals surface area contributed by atoms with Crippen molar-refractivity contribution in [2.75, 3.05) is 25.9 Å². The molecule has 2 N–H and O–H groups in total. The first-order chi connectivity index (χ1) is 16.2. The maximum Gasteiger partial charge on any atom is 0.266 e. The molecular formula is C27H27N3O2S. The molecule has 168 valence electrons. The number of nitrogens with two attached hydrogens (primary N) is 1. The van der Waals surface area contributed by atoms with Gasteiger partial charge in [0, 0.05) is 24.0 Å². The van der Waals surface area contributed by atoms with Gasteiger partial charge in [0.1, 0.15) is 15.5 Å². The van der Waals surface area contributed by atoms with Gasteiger partial charge in [-0.3, -0.25) is 4.79 Å². The molecule has 0 radical (unpaired) electrons. The molecule has 1 fully saturated rings. The lowest BCUT2D eigenvalue weighted by molar-refractivity contribution is 0.0767. The number of methoxy groups -OCH3 is 1. The Morgan fingerprint density at radius 3 is 2.33 bits per heavy atom. The highest BCUT2D eigenvalue weighted by molar-refractivity contribution is 7.21. The van der Waals surface area contributed by atoms with Crippen LogP contribution in [-0.4, -0.2) is 36.0 Å². The summed E-state index contributed by atoms with van der Waals surface area (Å²) in [6.07, 6.45) is 4.44. The van der Waals surface area contributed by atoms with Crippen LogP contribution in [0.1, 0.15) is 35.4 Å². The predicted octanol–water partition coefficient (Wildman–Crippen LogP) is 6.24. The van der Waals surface area contributed by atoms with Gasteiger partial charge < -0.3 is 15.4 Å². The summed E-state index contributed by atoms with van der Waals surface area (Å²) in [5.74, 6) is 0.821. The Kier molecular flexibility index (Phi) is 6.01. The fourth-order valence-electron chi connectivity index (χ4n) is 4.45. The summed E-state index contributed by atoms with van der Waals surface area (Å²) in [5.41, 5.74) is 11.1. The largest absolute Gasteiger partial charge is 0.497 e. The number of ether oxygens (including phenoxy) is 1. The number of pyridine rings is 1. The van der Waals surface area contributed by atoms with Crippen molar-refractivity contribution in [1.82, 2.24) is 9.88 Å². The van der Waals surface area contributed by atoms with Gasteiger partial charge in [-0.1, -0.05) is 55.3 Å². The lowest BCUT2D eigenvalue weighted by Crippen LogP contribution is -2.31. The summed E-state index contributed by atoms with van der Waals surface area (Å²) in [6, 6.07) is 20.1. The molecule has 5 rings (SSSR count). The van der Waals surface area contributed by atoms with E-state index < -0.39 is 0 Å². The number of nitrogens with zero attached hydrogens (tertiary/aromatic N) is 2. The molecule has 1 amide bonds. The van der Waals surface area contributed by atoms with E-state index in [1.807, 2.05) is 59.5 Å². The van der Waals surface area contributed by atoms with Crippen LogP contribution < -0.4 is 10.5 Å².